The third-order valence-corrected chi connectivity index (χ3v) is 2.97. The lowest BCUT2D eigenvalue weighted by Crippen LogP contribution is -2.17. The van der Waals surface area contributed by atoms with Crippen LogP contribution in [0.4, 0.5) is 11.4 Å². The fourth-order valence-corrected chi connectivity index (χ4v) is 2.04. The average molecular weight is 267 g/mol. The van der Waals surface area contributed by atoms with E-state index in [1.807, 2.05) is 6.07 Å². The zero-order chi connectivity index (χ0) is 14.5. The van der Waals surface area contributed by atoms with Gasteiger partial charge in [-0.05, 0) is 23.8 Å². The summed E-state index contributed by atoms with van der Waals surface area (Å²) in [6.07, 6.45) is 0. The van der Waals surface area contributed by atoms with E-state index in [9.17, 15) is 10.1 Å². The number of nitro groups is 1. The van der Waals surface area contributed by atoms with Crippen LogP contribution in [0.1, 0.15) is 11.1 Å². The molecule has 20 heavy (non-hydrogen) atoms. The summed E-state index contributed by atoms with van der Waals surface area (Å²) in [7, 11) is 1.79. The highest BCUT2D eigenvalue weighted by Crippen LogP contribution is 2.27. The van der Waals surface area contributed by atoms with Crippen LogP contribution in [-0.4, -0.2) is 12.0 Å². The maximum atomic E-state index is 11.0. The van der Waals surface area contributed by atoms with Crippen molar-refractivity contribution >= 4 is 11.4 Å². The largest absolute Gasteiger partial charge is 0.365 e. The van der Waals surface area contributed by atoms with E-state index in [4.69, 9.17) is 5.26 Å². The lowest BCUT2D eigenvalue weighted by Gasteiger charge is -2.19. The molecule has 0 atom stereocenters. The number of anilines is 1. The van der Waals surface area contributed by atoms with Gasteiger partial charge < -0.3 is 4.90 Å². The minimum Gasteiger partial charge on any atom is -0.365 e. The number of nitro benzene ring substituents is 1. The number of para-hydroxylation sites is 2. The second kappa shape index (κ2) is 5.85. The smallest absolute Gasteiger partial charge is 0.292 e. The van der Waals surface area contributed by atoms with E-state index in [2.05, 4.69) is 6.07 Å². The zero-order valence-corrected chi connectivity index (χ0v) is 11.0. The van der Waals surface area contributed by atoms with Crippen molar-refractivity contribution in [3.8, 4) is 6.07 Å². The maximum Gasteiger partial charge on any atom is 0.292 e. The molecule has 0 aliphatic heterocycles. The van der Waals surface area contributed by atoms with Gasteiger partial charge in [-0.2, -0.15) is 5.26 Å². The summed E-state index contributed by atoms with van der Waals surface area (Å²) in [5.41, 5.74) is 2.15. The monoisotopic (exact) mass is 267 g/mol. The molecule has 5 heteroatoms. The predicted molar refractivity (Wildman–Crippen MR) is 76.4 cm³/mol. The van der Waals surface area contributed by atoms with Gasteiger partial charge in [0.2, 0.25) is 0 Å². The molecule has 0 heterocycles. The third kappa shape index (κ3) is 2.93. The minimum absolute atomic E-state index is 0.0754. The van der Waals surface area contributed by atoms with Gasteiger partial charge in [0.05, 0.1) is 16.6 Å². The number of rotatable bonds is 4. The molecule has 0 unspecified atom stereocenters. The van der Waals surface area contributed by atoms with Crippen molar-refractivity contribution in [2.45, 2.75) is 6.54 Å². The maximum absolute atomic E-state index is 11.0. The number of nitriles is 1. The molecule has 0 fully saturated rings. The van der Waals surface area contributed by atoms with E-state index in [0.29, 0.717) is 17.8 Å². The topological polar surface area (TPSA) is 70.2 Å². The molecule has 2 aromatic rings. The van der Waals surface area contributed by atoms with E-state index in [1.54, 1.807) is 48.3 Å². The Labute approximate surface area is 116 Å². The van der Waals surface area contributed by atoms with E-state index in [0.717, 1.165) is 5.56 Å². The molecule has 0 aliphatic rings. The van der Waals surface area contributed by atoms with E-state index in [1.165, 1.54) is 6.07 Å². The van der Waals surface area contributed by atoms with Crippen LogP contribution in [0.5, 0.6) is 0 Å². The summed E-state index contributed by atoms with van der Waals surface area (Å²) in [6.45, 7) is 0.500. The first-order chi connectivity index (χ1) is 9.61. The van der Waals surface area contributed by atoms with Crippen LogP contribution in [0, 0.1) is 21.4 Å². The highest BCUT2D eigenvalue weighted by atomic mass is 16.6. The Morgan fingerprint density at radius 1 is 1.25 bits per heavy atom. The summed E-state index contributed by atoms with van der Waals surface area (Å²) in [6, 6.07) is 15.9. The highest BCUT2D eigenvalue weighted by Gasteiger charge is 2.16. The molecule has 0 aliphatic carbocycles. The summed E-state index contributed by atoms with van der Waals surface area (Å²) >= 11 is 0. The van der Waals surface area contributed by atoms with Crippen molar-refractivity contribution in [2.24, 2.45) is 0 Å². The quantitative estimate of drug-likeness (QED) is 0.630. The van der Waals surface area contributed by atoms with Gasteiger partial charge in [0.1, 0.15) is 5.69 Å². The molecule has 0 aromatic heterocycles. The SMILES string of the molecule is CN(Cc1cccc(C#N)c1)c1ccccc1[N+](=O)[O-]. The fourth-order valence-electron chi connectivity index (χ4n) is 2.04. The second-order valence-electron chi connectivity index (χ2n) is 4.41. The molecule has 0 spiro atoms. The van der Waals surface area contributed by atoms with Crippen LogP contribution >= 0.6 is 0 Å². The van der Waals surface area contributed by atoms with Gasteiger partial charge in [-0.3, -0.25) is 10.1 Å². The molecule has 5 nitrogen and oxygen atoms in total. The van der Waals surface area contributed by atoms with Gasteiger partial charge in [0, 0.05) is 19.7 Å². The van der Waals surface area contributed by atoms with Crippen LogP contribution in [-0.2, 0) is 6.54 Å². The average Bonchev–Trinajstić information content (AvgIpc) is 2.47. The first kappa shape index (κ1) is 13.6. The van der Waals surface area contributed by atoms with Gasteiger partial charge in [-0.15, -0.1) is 0 Å². The van der Waals surface area contributed by atoms with Gasteiger partial charge in [0.25, 0.3) is 5.69 Å². The van der Waals surface area contributed by atoms with Crippen molar-refractivity contribution < 1.29 is 4.92 Å². The fraction of sp³-hybridized carbons (Fsp3) is 0.133. The van der Waals surface area contributed by atoms with E-state index < -0.39 is 4.92 Å². The molecule has 0 bridgehead atoms. The lowest BCUT2D eigenvalue weighted by molar-refractivity contribution is -0.384. The molecule has 0 amide bonds. The molecule has 0 saturated carbocycles. The molecule has 0 saturated heterocycles. The summed E-state index contributed by atoms with van der Waals surface area (Å²) in [4.78, 5) is 12.4. The van der Waals surface area contributed by atoms with Gasteiger partial charge >= 0.3 is 0 Å². The lowest BCUT2D eigenvalue weighted by atomic mass is 10.1. The Morgan fingerprint density at radius 2 is 2.00 bits per heavy atom. The first-order valence-corrected chi connectivity index (χ1v) is 6.05. The second-order valence-corrected chi connectivity index (χ2v) is 4.41. The predicted octanol–water partition coefficient (Wildman–Crippen LogP) is 3.10. The summed E-state index contributed by atoms with van der Waals surface area (Å²) < 4.78 is 0. The highest BCUT2D eigenvalue weighted by molar-refractivity contribution is 5.62. The summed E-state index contributed by atoms with van der Waals surface area (Å²) in [5, 5.41) is 19.9. The molecule has 100 valence electrons. The molecular formula is C15H13N3O2. The third-order valence-electron chi connectivity index (χ3n) is 2.97. The van der Waals surface area contributed by atoms with Crippen LogP contribution < -0.4 is 4.90 Å². The van der Waals surface area contributed by atoms with Crippen molar-refractivity contribution in [3.63, 3.8) is 0 Å². The van der Waals surface area contributed by atoms with Crippen LogP contribution in [0.15, 0.2) is 48.5 Å². The molecule has 0 radical (unpaired) electrons. The minimum atomic E-state index is -0.391. The Bertz CT molecular complexity index is 677. The van der Waals surface area contributed by atoms with Crippen molar-refractivity contribution in [2.75, 3.05) is 11.9 Å². The zero-order valence-electron chi connectivity index (χ0n) is 11.0. The molecule has 2 rings (SSSR count). The summed E-state index contributed by atoms with van der Waals surface area (Å²) in [5.74, 6) is 0. The number of nitrogens with zero attached hydrogens (tertiary/aromatic N) is 3. The van der Waals surface area contributed by atoms with E-state index >= 15 is 0 Å². The molecular weight excluding hydrogens is 254 g/mol. The van der Waals surface area contributed by atoms with Crippen molar-refractivity contribution in [1.29, 1.82) is 5.26 Å². The first-order valence-electron chi connectivity index (χ1n) is 6.05. The number of hydrogen-bond acceptors (Lipinski definition) is 4. The van der Waals surface area contributed by atoms with Crippen LogP contribution in [0.2, 0.25) is 0 Å². The van der Waals surface area contributed by atoms with Crippen molar-refractivity contribution in [1.82, 2.24) is 0 Å². The van der Waals surface area contributed by atoms with Crippen molar-refractivity contribution in [3.05, 3.63) is 69.8 Å². The Hall–Kier alpha value is -2.87. The molecule has 2 aromatic carbocycles. The number of hydrogen-bond donors (Lipinski definition) is 0. The number of benzene rings is 2. The van der Waals surface area contributed by atoms with Gasteiger partial charge in [-0.25, -0.2) is 0 Å². The van der Waals surface area contributed by atoms with E-state index in [-0.39, 0.29) is 5.69 Å². The Balaban J connectivity index is 2.26. The standard InChI is InChI=1S/C15H13N3O2/c1-17(11-13-6-4-5-12(9-13)10-16)14-7-2-3-8-15(14)18(19)20/h2-9H,11H2,1H3. The normalized spacial score (nSPS) is 9.80. The Morgan fingerprint density at radius 3 is 2.70 bits per heavy atom. The van der Waals surface area contributed by atoms with Crippen LogP contribution in [0.3, 0.4) is 0 Å². The van der Waals surface area contributed by atoms with Crippen LogP contribution in [0.25, 0.3) is 0 Å². The molecule has 0 N–H and O–H groups in total. The van der Waals surface area contributed by atoms with Gasteiger partial charge in [0.15, 0.2) is 0 Å². The van der Waals surface area contributed by atoms with Gasteiger partial charge in [-0.1, -0.05) is 24.3 Å². The Kier molecular flexibility index (Phi) is 3.96.